The highest BCUT2D eigenvalue weighted by atomic mass is 19.2. The van der Waals surface area contributed by atoms with Crippen molar-refractivity contribution in [2.24, 2.45) is 5.92 Å². The topological polar surface area (TPSA) is 61.4 Å². The molecular weight excluding hydrogens is 364 g/mol. The molecule has 0 spiro atoms. The van der Waals surface area contributed by atoms with Crippen LogP contribution in [0.4, 0.5) is 20.2 Å². The normalized spacial score (nSPS) is 18.3. The molecule has 0 aliphatic carbocycles. The fourth-order valence-corrected chi connectivity index (χ4v) is 3.32. The SMILES string of the molecule is C[C@@H](C(=O)Nc1ccc(F)c(F)c1)N1CCC[C@@H](C(=O)Nc2ccccc2)C1. The summed E-state index contributed by atoms with van der Waals surface area (Å²) >= 11 is 0. The number of carbonyl (C=O) groups is 2. The maximum atomic E-state index is 13.3. The molecular formula is C21H23F2N3O2. The van der Waals surface area contributed by atoms with E-state index < -0.39 is 17.7 Å². The monoisotopic (exact) mass is 387 g/mol. The fourth-order valence-electron chi connectivity index (χ4n) is 3.32. The average molecular weight is 387 g/mol. The second-order valence-electron chi connectivity index (χ2n) is 6.98. The third-order valence-corrected chi connectivity index (χ3v) is 4.98. The van der Waals surface area contributed by atoms with Crippen LogP contribution in [0.1, 0.15) is 19.8 Å². The number of piperidine rings is 1. The number of nitrogens with zero attached hydrogens (tertiary/aromatic N) is 1. The van der Waals surface area contributed by atoms with Gasteiger partial charge in [-0.3, -0.25) is 14.5 Å². The average Bonchev–Trinajstić information content (AvgIpc) is 2.71. The Labute approximate surface area is 162 Å². The van der Waals surface area contributed by atoms with Crippen LogP contribution in [-0.4, -0.2) is 35.8 Å². The Morgan fingerprint density at radius 2 is 1.79 bits per heavy atom. The van der Waals surface area contributed by atoms with E-state index in [1.54, 1.807) is 6.92 Å². The number of carbonyl (C=O) groups excluding carboxylic acids is 2. The Morgan fingerprint density at radius 1 is 1.04 bits per heavy atom. The van der Waals surface area contributed by atoms with Crippen molar-refractivity contribution < 1.29 is 18.4 Å². The van der Waals surface area contributed by atoms with Crippen molar-refractivity contribution >= 4 is 23.2 Å². The second kappa shape index (κ2) is 8.93. The summed E-state index contributed by atoms with van der Waals surface area (Å²) in [5, 5.41) is 5.51. The van der Waals surface area contributed by atoms with E-state index in [1.165, 1.54) is 6.07 Å². The van der Waals surface area contributed by atoms with Gasteiger partial charge >= 0.3 is 0 Å². The molecule has 0 aromatic heterocycles. The zero-order chi connectivity index (χ0) is 20.1. The number of halogens is 2. The molecule has 148 valence electrons. The molecule has 0 saturated carbocycles. The molecule has 1 aliphatic rings. The molecule has 1 heterocycles. The Kier molecular flexibility index (Phi) is 6.36. The smallest absolute Gasteiger partial charge is 0.241 e. The Bertz CT molecular complexity index is 845. The first-order chi connectivity index (χ1) is 13.4. The Balaban J connectivity index is 1.58. The predicted molar refractivity (Wildman–Crippen MR) is 104 cm³/mol. The Morgan fingerprint density at radius 3 is 2.50 bits per heavy atom. The van der Waals surface area contributed by atoms with Crippen molar-refractivity contribution in [3.63, 3.8) is 0 Å². The molecule has 2 aromatic rings. The minimum Gasteiger partial charge on any atom is -0.326 e. The number of anilines is 2. The fraction of sp³-hybridized carbons (Fsp3) is 0.333. The maximum absolute atomic E-state index is 13.3. The highest BCUT2D eigenvalue weighted by Crippen LogP contribution is 2.21. The van der Waals surface area contributed by atoms with E-state index in [1.807, 2.05) is 35.2 Å². The predicted octanol–water partition coefficient (Wildman–Crippen LogP) is 3.64. The minimum atomic E-state index is -1.01. The second-order valence-corrected chi connectivity index (χ2v) is 6.98. The van der Waals surface area contributed by atoms with Gasteiger partial charge in [-0.1, -0.05) is 18.2 Å². The number of benzene rings is 2. The molecule has 2 amide bonds. The van der Waals surface area contributed by atoms with Crippen molar-refractivity contribution in [3.8, 4) is 0 Å². The van der Waals surface area contributed by atoms with E-state index in [9.17, 15) is 18.4 Å². The molecule has 0 radical (unpaired) electrons. The van der Waals surface area contributed by atoms with Gasteiger partial charge in [-0.15, -0.1) is 0 Å². The van der Waals surface area contributed by atoms with E-state index in [0.29, 0.717) is 13.1 Å². The quantitative estimate of drug-likeness (QED) is 0.823. The number of nitrogens with one attached hydrogen (secondary N) is 2. The number of likely N-dealkylation sites (tertiary alicyclic amines) is 1. The zero-order valence-electron chi connectivity index (χ0n) is 15.6. The summed E-state index contributed by atoms with van der Waals surface area (Å²) in [6.07, 6.45) is 1.56. The maximum Gasteiger partial charge on any atom is 0.241 e. The van der Waals surface area contributed by atoms with Gasteiger partial charge in [-0.2, -0.15) is 0 Å². The Hall–Kier alpha value is -2.80. The molecule has 5 nitrogen and oxygen atoms in total. The molecule has 3 rings (SSSR count). The van der Waals surface area contributed by atoms with Crippen LogP contribution in [0, 0.1) is 17.6 Å². The summed E-state index contributed by atoms with van der Waals surface area (Å²) in [6.45, 7) is 2.90. The van der Waals surface area contributed by atoms with E-state index >= 15 is 0 Å². The zero-order valence-corrected chi connectivity index (χ0v) is 15.6. The lowest BCUT2D eigenvalue weighted by molar-refractivity contribution is -0.125. The van der Waals surface area contributed by atoms with Crippen molar-refractivity contribution in [1.82, 2.24) is 4.90 Å². The van der Waals surface area contributed by atoms with Crippen LogP contribution < -0.4 is 10.6 Å². The molecule has 0 unspecified atom stereocenters. The van der Waals surface area contributed by atoms with Gasteiger partial charge in [0.25, 0.3) is 0 Å². The van der Waals surface area contributed by atoms with Gasteiger partial charge in [0.15, 0.2) is 11.6 Å². The lowest BCUT2D eigenvalue weighted by atomic mass is 9.95. The lowest BCUT2D eigenvalue weighted by Crippen LogP contribution is -2.49. The van der Waals surface area contributed by atoms with Gasteiger partial charge in [0, 0.05) is 24.0 Å². The van der Waals surface area contributed by atoms with Crippen LogP contribution in [-0.2, 0) is 9.59 Å². The number of amides is 2. The van der Waals surface area contributed by atoms with Crippen LogP contribution in [0.15, 0.2) is 48.5 Å². The molecule has 28 heavy (non-hydrogen) atoms. The van der Waals surface area contributed by atoms with Crippen LogP contribution in [0.25, 0.3) is 0 Å². The van der Waals surface area contributed by atoms with Crippen molar-refractivity contribution in [3.05, 3.63) is 60.2 Å². The van der Waals surface area contributed by atoms with E-state index in [0.717, 1.165) is 30.7 Å². The molecule has 2 aromatic carbocycles. The lowest BCUT2D eigenvalue weighted by Gasteiger charge is -2.35. The summed E-state index contributed by atoms with van der Waals surface area (Å²) in [5.41, 5.74) is 0.944. The van der Waals surface area contributed by atoms with Crippen molar-refractivity contribution in [1.29, 1.82) is 0 Å². The van der Waals surface area contributed by atoms with Gasteiger partial charge in [0.1, 0.15) is 0 Å². The van der Waals surface area contributed by atoms with Crippen LogP contribution in [0.5, 0.6) is 0 Å². The van der Waals surface area contributed by atoms with Gasteiger partial charge in [-0.25, -0.2) is 8.78 Å². The largest absolute Gasteiger partial charge is 0.326 e. The third-order valence-electron chi connectivity index (χ3n) is 4.98. The first-order valence-corrected chi connectivity index (χ1v) is 9.30. The van der Waals surface area contributed by atoms with E-state index in [-0.39, 0.29) is 23.4 Å². The standard InChI is InChI=1S/C21H23F2N3O2/c1-14(20(27)25-17-9-10-18(22)19(23)12-17)26-11-5-6-15(13-26)21(28)24-16-7-3-2-4-8-16/h2-4,7-10,12,14-15H,5-6,11,13H2,1H3,(H,24,28)(H,25,27)/t14-,15+/m0/s1. The van der Waals surface area contributed by atoms with Crippen LogP contribution in [0.3, 0.4) is 0 Å². The van der Waals surface area contributed by atoms with Crippen LogP contribution in [0.2, 0.25) is 0 Å². The summed E-state index contributed by atoms with van der Waals surface area (Å²) in [5.74, 6) is -2.58. The first kappa shape index (κ1) is 19.9. The molecule has 7 heteroatoms. The van der Waals surface area contributed by atoms with Crippen molar-refractivity contribution in [2.75, 3.05) is 23.7 Å². The molecule has 0 bridgehead atoms. The number of hydrogen-bond donors (Lipinski definition) is 2. The van der Waals surface area contributed by atoms with Crippen LogP contribution >= 0.6 is 0 Å². The van der Waals surface area contributed by atoms with Gasteiger partial charge in [-0.05, 0) is 50.6 Å². The van der Waals surface area contributed by atoms with Gasteiger partial charge < -0.3 is 10.6 Å². The van der Waals surface area contributed by atoms with E-state index in [2.05, 4.69) is 10.6 Å². The van der Waals surface area contributed by atoms with Crippen molar-refractivity contribution in [2.45, 2.75) is 25.8 Å². The van der Waals surface area contributed by atoms with Gasteiger partial charge in [0.2, 0.25) is 11.8 Å². The number of para-hydroxylation sites is 1. The molecule has 1 aliphatic heterocycles. The highest BCUT2D eigenvalue weighted by molar-refractivity contribution is 5.95. The molecule has 1 saturated heterocycles. The molecule has 2 N–H and O–H groups in total. The molecule has 2 atom stereocenters. The first-order valence-electron chi connectivity index (χ1n) is 9.30. The number of hydrogen-bond acceptors (Lipinski definition) is 3. The molecule has 1 fully saturated rings. The summed E-state index contributed by atoms with van der Waals surface area (Å²) < 4.78 is 26.3. The summed E-state index contributed by atoms with van der Waals surface area (Å²) in [7, 11) is 0. The van der Waals surface area contributed by atoms with E-state index in [4.69, 9.17) is 0 Å². The summed E-state index contributed by atoms with van der Waals surface area (Å²) in [4.78, 5) is 27.0. The number of rotatable bonds is 5. The minimum absolute atomic E-state index is 0.0656. The third kappa shape index (κ3) is 4.92. The van der Waals surface area contributed by atoms with Gasteiger partial charge in [0.05, 0.1) is 12.0 Å². The summed E-state index contributed by atoms with van der Waals surface area (Å²) in [6, 6.07) is 12.0. The highest BCUT2D eigenvalue weighted by Gasteiger charge is 2.31.